The predicted molar refractivity (Wildman–Crippen MR) is 176 cm³/mol. The lowest BCUT2D eigenvalue weighted by atomic mass is 9.74. The van der Waals surface area contributed by atoms with Crippen molar-refractivity contribution in [3.63, 3.8) is 0 Å². The number of likely N-dealkylation sites (tertiary alicyclic amines) is 1. The predicted octanol–water partition coefficient (Wildman–Crippen LogP) is 7.16. The molecule has 2 fully saturated rings. The molecular weight excluding hydrogens is 558 g/mol. The second-order valence-electron chi connectivity index (χ2n) is 14.3. The third kappa shape index (κ3) is 11.7. The van der Waals surface area contributed by atoms with Crippen LogP contribution in [-0.2, 0) is 10.3 Å². The van der Waals surface area contributed by atoms with Crippen molar-refractivity contribution in [1.82, 2.24) is 15.1 Å². The second-order valence-corrected chi connectivity index (χ2v) is 19.9. The average molecular weight is 618 g/mol. The number of amides is 3. The van der Waals surface area contributed by atoms with Crippen molar-refractivity contribution >= 4 is 20.2 Å². The molecule has 1 aliphatic carbocycles. The first-order chi connectivity index (χ1) is 20.5. The number of rotatable bonds is 16. The fourth-order valence-corrected chi connectivity index (χ4v) is 8.32. The number of aliphatic hydroxyl groups is 1. The molecule has 1 aromatic rings. The molecule has 1 aliphatic heterocycles. The number of unbranched alkanes of at least 4 members (excludes halogenated alkanes) is 1. The van der Waals surface area contributed by atoms with Crippen molar-refractivity contribution in [3.05, 3.63) is 35.9 Å². The summed E-state index contributed by atoms with van der Waals surface area (Å²) < 4.78 is 5.24. The standard InChI is InChI=1S/C34H59N3O5Si/c1-42-23-12-11-20-34(41,29-17-9-6-10-18-29)30-19-13-21-36(26-30)32(38)35-31(25-28-15-7-5-8-16-28)27-37(33(39)40)22-14-24-43(2,3)4/h6,9-10,17-18,28,30-31,41H,5,7-8,11-16,19-27H2,1-4H3,(H,35,38)(H,39,40)/t30-,31+,34-/m1/s1. The lowest BCUT2D eigenvalue weighted by Crippen LogP contribution is -2.54. The van der Waals surface area contributed by atoms with Crippen molar-refractivity contribution < 1.29 is 24.5 Å². The van der Waals surface area contributed by atoms with Gasteiger partial charge in [0.2, 0.25) is 0 Å². The lowest BCUT2D eigenvalue weighted by Gasteiger charge is -2.43. The van der Waals surface area contributed by atoms with Gasteiger partial charge < -0.3 is 30.1 Å². The Hall–Kier alpha value is -2.10. The zero-order valence-corrected chi connectivity index (χ0v) is 28.4. The van der Waals surface area contributed by atoms with Gasteiger partial charge in [0.25, 0.3) is 0 Å². The van der Waals surface area contributed by atoms with Gasteiger partial charge in [0.1, 0.15) is 0 Å². The molecule has 3 rings (SSSR count). The third-order valence-corrected chi connectivity index (χ3v) is 11.4. The molecule has 0 bridgehead atoms. The second kappa shape index (κ2) is 17.4. The summed E-state index contributed by atoms with van der Waals surface area (Å²) in [5.74, 6) is 0.437. The van der Waals surface area contributed by atoms with Crippen molar-refractivity contribution in [2.24, 2.45) is 11.8 Å². The average Bonchev–Trinajstić information content (AvgIpc) is 2.99. The van der Waals surface area contributed by atoms with E-state index in [-0.39, 0.29) is 18.0 Å². The number of nitrogens with zero attached hydrogens (tertiary/aromatic N) is 2. The highest BCUT2D eigenvalue weighted by molar-refractivity contribution is 6.76. The highest BCUT2D eigenvalue weighted by atomic mass is 28.3. The van der Waals surface area contributed by atoms with Crippen molar-refractivity contribution in [3.8, 4) is 0 Å². The minimum atomic E-state index is -1.27. The van der Waals surface area contributed by atoms with E-state index >= 15 is 0 Å². The molecule has 0 spiro atoms. The van der Waals surface area contributed by atoms with Gasteiger partial charge in [0.15, 0.2) is 0 Å². The molecule has 0 aromatic heterocycles. The van der Waals surface area contributed by atoms with E-state index in [1.807, 2.05) is 35.2 Å². The van der Waals surface area contributed by atoms with E-state index in [0.717, 1.165) is 63.0 Å². The number of methoxy groups -OCH3 is 1. The number of nitrogens with one attached hydrogen (secondary N) is 1. The maximum atomic E-state index is 13.8. The molecule has 9 heteroatoms. The van der Waals surface area contributed by atoms with Crippen molar-refractivity contribution in [1.29, 1.82) is 0 Å². The SMILES string of the molecule is COCCCC[C@@](O)(c1ccccc1)[C@@H]1CCCN(C(=O)N[C@@H](CC2CCCCC2)CN(CCC[Si](C)(C)C)C(=O)O)C1. The highest BCUT2D eigenvalue weighted by Crippen LogP contribution is 2.39. The van der Waals surface area contributed by atoms with Crippen LogP contribution in [0.4, 0.5) is 9.59 Å². The molecule has 1 aromatic carbocycles. The van der Waals surface area contributed by atoms with Gasteiger partial charge in [-0.25, -0.2) is 9.59 Å². The van der Waals surface area contributed by atoms with E-state index in [4.69, 9.17) is 4.74 Å². The minimum Gasteiger partial charge on any atom is -0.465 e. The molecular formula is C34H59N3O5Si. The Morgan fingerprint density at radius 1 is 1.07 bits per heavy atom. The van der Waals surface area contributed by atoms with Crippen LogP contribution in [0.15, 0.2) is 30.3 Å². The van der Waals surface area contributed by atoms with Gasteiger partial charge in [0.05, 0.1) is 5.60 Å². The number of carbonyl (C=O) groups is 2. The molecule has 3 atom stereocenters. The van der Waals surface area contributed by atoms with Gasteiger partial charge in [-0.1, -0.05) is 88.1 Å². The zero-order chi connectivity index (χ0) is 31.3. The molecule has 8 nitrogen and oxygen atoms in total. The van der Waals surface area contributed by atoms with Crippen LogP contribution in [0.2, 0.25) is 25.7 Å². The van der Waals surface area contributed by atoms with Crippen LogP contribution in [0.3, 0.4) is 0 Å². The smallest absolute Gasteiger partial charge is 0.407 e. The largest absolute Gasteiger partial charge is 0.465 e. The molecule has 2 aliphatic rings. The summed E-state index contributed by atoms with van der Waals surface area (Å²) in [6.07, 6.45) is 10.8. The Balaban J connectivity index is 1.71. The molecule has 0 unspecified atom stereocenters. The Labute approximate surface area is 261 Å². The molecule has 1 heterocycles. The fourth-order valence-electron chi connectivity index (χ4n) is 7.10. The summed E-state index contributed by atoms with van der Waals surface area (Å²) in [6.45, 7) is 9.57. The van der Waals surface area contributed by atoms with E-state index in [0.29, 0.717) is 45.1 Å². The topological polar surface area (TPSA) is 102 Å². The van der Waals surface area contributed by atoms with Gasteiger partial charge in [-0.3, -0.25) is 0 Å². The maximum absolute atomic E-state index is 13.8. The number of hydrogen-bond donors (Lipinski definition) is 3. The summed E-state index contributed by atoms with van der Waals surface area (Å²) in [6, 6.07) is 10.6. The van der Waals surface area contributed by atoms with E-state index in [1.165, 1.54) is 24.2 Å². The molecule has 0 radical (unpaired) electrons. The summed E-state index contributed by atoms with van der Waals surface area (Å²) >= 11 is 0. The number of urea groups is 1. The number of benzene rings is 1. The minimum absolute atomic E-state index is 0.0779. The summed E-state index contributed by atoms with van der Waals surface area (Å²) in [4.78, 5) is 29.5. The quantitative estimate of drug-likeness (QED) is 0.135. The normalized spacial score (nSPS) is 20.3. The molecule has 3 amide bonds. The summed E-state index contributed by atoms with van der Waals surface area (Å²) in [5.41, 5.74) is -0.114. The number of carbonyl (C=O) groups excluding carboxylic acids is 1. The van der Waals surface area contributed by atoms with Crippen LogP contribution in [0.5, 0.6) is 0 Å². The first-order valence-corrected chi connectivity index (χ1v) is 20.5. The van der Waals surface area contributed by atoms with Crippen molar-refractivity contribution in [2.45, 2.75) is 114 Å². The van der Waals surface area contributed by atoms with Gasteiger partial charge in [-0.2, -0.15) is 0 Å². The maximum Gasteiger partial charge on any atom is 0.407 e. The third-order valence-electron chi connectivity index (χ3n) is 9.55. The number of piperidine rings is 1. The summed E-state index contributed by atoms with van der Waals surface area (Å²) in [7, 11) is 0.435. The molecule has 244 valence electrons. The van der Waals surface area contributed by atoms with E-state index < -0.39 is 19.8 Å². The highest BCUT2D eigenvalue weighted by Gasteiger charge is 2.41. The number of ether oxygens (including phenoxy) is 1. The van der Waals surface area contributed by atoms with Gasteiger partial charge in [-0.15, -0.1) is 0 Å². The van der Waals surface area contributed by atoms with Gasteiger partial charge >= 0.3 is 12.1 Å². The van der Waals surface area contributed by atoms with E-state index in [2.05, 4.69) is 25.0 Å². The number of carboxylic acid groups (broad SMARTS) is 1. The first kappa shape index (κ1) is 35.4. The molecule has 1 saturated carbocycles. The van der Waals surface area contributed by atoms with Crippen LogP contribution < -0.4 is 5.32 Å². The Morgan fingerprint density at radius 2 is 1.79 bits per heavy atom. The number of hydrogen-bond acceptors (Lipinski definition) is 4. The first-order valence-electron chi connectivity index (χ1n) is 16.8. The van der Waals surface area contributed by atoms with Crippen LogP contribution in [-0.4, -0.2) is 86.1 Å². The van der Waals surface area contributed by atoms with Crippen LogP contribution in [0, 0.1) is 11.8 Å². The Morgan fingerprint density at radius 3 is 2.44 bits per heavy atom. The lowest BCUT2D eigenvalue weighted by molar-refractivity contribution is -0.0564. The van der Waals surface area contributed by atoms with Crippen LogP contribution >= 0.6 is 0 Å². The van der Waals surface area contributed by atoms with Gasteiger partial charge in [0, 0.05) is 59.9 Å². The summed E-state index contributed by atoms with van der Waals surface area (Å²) in [5, 5.41) is 25.5. The Kier molecular flexibility index (Phi) is 14.3. The fraction of sp³-hybridized carbons (Fsp3) is 0.765. The van der Waals surface area contributed by atoms with Crippen molar-refractivity contribution in [2.75, 3.05) is 39.9 Å². The monoisotopic (exact) mass is 617 g/mol. The molecule has 43 heavy (non-hydrogen) atoms. The van der Waals surface area contributed by atoms with E-state index in [9.17, 15) is 19.8 Å². The van der Waals surface area contributed by atoms with E-state index in [1.54, 1.807) is 7.11 Å². The molecule has 3 N–H and O–H groups in total. The molecule has 1 saturated heterocycles. The van der Waals surface area contributed by atoms with Crippen LogP contribution in [0.1, 0.15) is 82.6 Å². The van der Waals surface area contributed by atoms with Gasteiger partial charge in [-0.05, 0) is 56.4 Å². The zero-order valence-electron chi connectivity index (χ0n) is 27.4. The Bertz CT molecular complexity index is 969. The van der Waals surface area contributed by atoms with Crippen LogP contribution in [0.25, 0.3) is 0 Å².